The molecule has 5 heteroatoms. The fraction of sp³-hybridized carbons (Fsp3) is 0.782. The third-order valence-electron chi connectivity index (χ3n) is 11.0. The summed E-state index contributed by atoms with van der Waals surface area (Å²) in [6, 6.07) is 0. The summed E-state index contributed by atoms with van der Waals surface area (Å²) in [7, 11) is 0. The van der Waals surface area contributed by atoms with E-state index < -0.39 is 6.10 Å². The molecular formula is C55H98O5. The van der Waals surface area contributed by atoms with Crippen LogP contribution in [0.5, 0.6) is 0 Å². The van der Waals surface area contributed by atoms with E-state index in [9.17, 15) is 9.59 Å². The third-order valence-corrected chi connectivity index (χ3v) is 11.0. The van der Waals surface area contributed by atoms with E-state index in [0.717, 1.165) is 89.9 Å². The van der Waals surface area contributed by atoms with Crippen molar-refractivity contribution in [3.05, 3.63) is 60.8 Å². The largest absolute Gasteiger partial charge is 0.462 e. The van der Waals surface area contributed by atoms with Crippen LogP contribution < -0.4 is 0 Å². The zero-order valence-corrected chi connectivity index (χ0v) is 40.0. The van der Waals surface area contributed by atoms with Crippen molar-refractivity contribution < 1.29 is 23.8 Å². The molecule has 0 N–H and O–H groups in total. The van der Waals surface area contributed by atoms with Gasteiger partial charge >= 0.3 is 11.9 Å². The Labute approximate surface area is 373 Å². The van der Waals surface area contributed by atoms with E-state index in [0.29, 0.717) is 19.4 Å². The number of esters is 2. The Morgan fingerprint density at radius 2 is 0.750 bits per heavy atom. The van der Waals surface area contributed by atoms with Crippen LogP contribution in [-0.4, -0.2) is 37.9 Å². The molecule has 348 valence electrons. The first-order valence-electron chi connectivity index (χ1n) is 25.8. The van der Waals surface area contributed by atoms with Gasteiger partial charge in [0.15, 0.2) is 6.10 Å². The Hall–Kier alpha value is -2.40. The van der Waals surface area contributed by atoms with Crippen LogP contribution in [0.4, 0.5) is 0 Å². The summed E-state index contributed by atoms with van der Waals surface area (Å²) in [5, 5.41) is 0. The van der Waals surface area contributed by atoms with Crippen LogP contribution in [0, 0.1) is 0 Å². The SMILES string of the molecule is CC/C=C\C/C=C\C/C=C\CCCCCCCC(=O)OCC(COCCCCCCCCCCCCCCCC)OC(=O)CCCCCCC/C=C\C/C=C\CCCCC. The highest BCUT2D eigenvalue weighted by Crippen LogP contribution is 2.14. The first-order valence-corrected chi connectivity index (χ1v) is 25.8. The molecule has 1 unspecified atom stereocenters. The molecule has 0 heterocycles. The van der Waals surface area contributed by atoms with E-state index >= 15 is 0 Å². The molecular weight excluding hydrogens is 741 g/mol. The summed E-state index contributed by atoms with van der Waals surface area (Å²) in [4.78, 5) is 25.4. The highest BCUT2D eigenvalue weighted by atomic mass is 16.6. The van der Waals surface area contributed by atoms with Gasteiger partial charge in [-0.05, 0) is 83.5 Å². The van der Waals surface area contributed by atoms with Gasteiger partial charge in [-0.3, -0.25) is 9.59 Å². The van der Waals surface area contributed by atoms with Crippen molar-refractivity contribution in [2.75, 3.05) is 19.8 Å². The molecule has 0 aromatic heterocycles. The van der Waals surface area contributed by atoms with Crippen molar-refractivity contribution in [2.45, 2.75) is 258 Å². The van der Waals surface area contributed by atoms with Crippen LogP contribution in [0.15, 0.2) is 60.8 Å². The fourth-order valence-electron chi connectivity index (χ4n) is 7.20. The maximum Gasteiger partial charge on any atom is 0.306 e. The molecule has 0 aliphatic rings. The Kier molecular flexibility index (Phi) is 48.9. The summed E-state index contributed by atoms with van der Waals surface area (Å²) in [6.45, 7) is 7.68. The van der Waals surface area contributed by atoms with Crippen molar-refractivity contribution >= 4 is 11.9 Å². The molecule has 60 heavy (non-hydrogen) atoms. The normalized spacial score (nSPS) is 12.7. The smallest absolute Gasteiger partial charge is 0.306 e. The topological polar surface area (TPSA) is 61.8 Å². The molecule has 0 fully saturated rings. The number of unbranched alkanes of at least 4 members (excludes halogenated alkanes) is 26. The van der Waals surface area contributed by atoms with E-state index in [1.807, 2.05) is 0 Å². The number of ether oxygens (including phenoxy) is 3. The highest BCUT2D eigenvalue weighted by molar-refractivity contribution is 5.70. The van der Waals surface area contributed by atoms with Gasteiger partial charge in [0.25, 0.3) is 0 Å². The number of hydrogen-bond donors (Lipinski definition) is 0. The zero-order valence-electron chi connectivity index (χ0n) is 40.0. The van der Waals surface area contributed by atoms with Crippen molar-refractivity contribution in [1.82, 2.24) is 0 Å². The Morgan fingerprint density at radius 3 is 1.23 bits per heavy atom. The van der Waals surface area contributed by atoms with Crippen LogP contribution in [0.2, 0.25) is 0 Å². The average Bonchev–Trinajstić information content (AvgIpc) is 3.25. The van der Waals surface area contributed by atoms with Crippen LogP contribution in [0.25, 0.3) is 0 Å². The first-order chi connectivity index (χ1) is 29.6. The quantitative estimate of drug-likeness (QED) is 0.0347. The van der Waals surface area contributed by atoms with Crippen molar-refractivity contribution in [1.29, 1.82) is 0 Å². The van der Waals surface area contributed by atoms with Crippen molar-refractivity contribution in [3.63, 3.8) is 0 Å². The van der Waals surface area contributed by atoms with Gasteiger partial charge in [0.2, 0.25) is 0 Å². The summed E-state index contributed by atoms with van der Waals surface area (Å²) in [5.74, 6) is -0.425. The van der Waals surface area contributed by atoms with E-state index in [1.54, 1.807) is 0 Å². The zero-order chi connectivity index (χ0) is 43.5. The second-order valence-electron chi connectivity index (χ2n) is 17.0. The lowest BCUT2D eigenvalue weighted by atomic mass is 10.0. The predicted octanol–water partition coefficient (Wildman–Crippen LogP) is 17.3. The Balaban J connectivity index is 4.31. The van der Waals surface area contributed by atoms with Crippen LogP contribution in [0.3, 0.4) is 0 Å². The molecule has 1 atom stereocenters. The van der Waals surface area contributed by atoms with Crippen molar-refractivity contribution in [2.24, 2.45) is 0 Å². The summed E-state index contributed by atoms with van der Waals surface area (Å²) in [5.41, 5.74) is 0. The minimum atomic E-state index is -0.549. The lowest BCUT2D eigenvalue weighted by Gasteiger charge is -2.18. The molecule has 0 aliphatic heterocycles. The molecule has 0 aromatic carbocycles. The molecule has 0 saturated carbocycles. The predicted molar refractivity (Wildman–Crippen MR) is 261 cm³/mol. The maximum atomic E-state index is 12.8. The molecule has 0 aromatic rings. The van der Waals surface area contributed by atoms with Gasteiger partial charge in [-0.25, -0.2) is 0 Å². The van der Waals surface area contributed by atoms with Crippen LogP contribution >= 0.6 is 0 Å². The monoisotopic (exact) mass is 839 g/mol. The van der Waals surface area contributed by atoms with Crippen LogP contribution in [-0.2, 0) is 23.8 Å². The van der Waals surface area contributed by atoms with Gasteiger partial charge in [-0.15, -0.1) is 0 Å². The molecule has 0 rings (SSSR count). The molecule has 0 amide bonds. The van der Waals surface area contributed by atoms with E-state index in [1.165, 1.54) is 128 Å². The first kappa shape index (κ1) is 57.6. The number of allylic oxidation sites excluding steroid dienone is 10. The highest BCUT2D eigenvalue weighted by Gasteiger charge is 2.17. The molecule has 0 spiro atoms. The number of carbonyl (C=O) groups excluding carboxylic acids is 2. The van der Waals surface area contributed by atoms with E-state index in [2.05, 4.69) is 81.5 Å². The molecule has 0 radical (unpaired) electrons. The van der Waals surface area contributed by atoms with E-state index in [4.69, 9.17) is 14.2 Å². The van der Waals surface area contributed by atoms with Gasteiger partial charge in [0, 0.05) is 19.4 Å². The van der Waals surface area contributed by atoms with Crippen LogP contribution in [0.1, 0.15) is 252 Å². The molecule has 0 saturated heterocycles. The fourth-order valence-corrected chi connectivity index (χ4v) is 7.20. The maximum absolute atomic E-state index is 12.8. The average molecular weight is 839 g/mol. The minimum absolute atomic E-state index is 0.0719. The standard InChI is InChI=1S/C55H98O5/c1-4-7-10-13-16-19-22-25-28-30-33-36-39-42-45-48-54(56)59-52-53(51-58-50-47-44-41-38-35-32-27-24-21-18-15-12-9-6-3)60-55(57)49-46-43-40-37-34-31-29-26-23-20-17-14-11-8-5-2/h7,10,16-17,19-20,25-26,28-29,53H,4-6,8-9,11-15,18,21-24,27,30-52H2,1-3H3/b10-7-,19-16-,20-17-,28-25-,29-26-. The molecule has 5 nitrogen and oxygen atoms in total. The third kappa shape index (κ3) is 48.3. The van der Waals surface area contributed by atoms with E-state index in [-0.39, 0.29) is 25.2 Å². The summed E-state index contributed by atoms with van der Waals surface area (Å²) >= 11 is 0. The summed E-state index contributed by atoms with van der Waals surface area (Å²) in [6.07, 6.45) is 63.6. The Bertz CT molecular complexity index is 1040. The molecule has 0 aliphatic carbocycles. The Morgan fingerprint density at radius 1 is 0.383 bits per heavy atom. The molecule has 0 bridgehead atoms. The van der Waals surface area contributed by atoms with Gasteiger partial charge < -0.3 is 14.2 Å². The summed E-state index contributed by atoms with van der Waals surface area (Å²) < 4.78 is 17.4. The van der Waals surface area contributed by atoms with Gasteiger partial charge in [-0.2, -0.15) is 0 Å². The number of hydrogen-bond acceptors (Lipinski definition) is 5. The van der Waals surface area contributed by atoms with Gasteiger partial charge in [0.1, 0.15) is 6.61 Å². The lowest BCUT2D eigenvalue weighted by molar-refractivity contribution is -0.163. The number of carbonyl (C=O) groups is 2. The number of rotatable bonds is 47. The van der Waals surface area contributed by atoms with Gasteiger partial charge in [-0.1, -0.05) is 216 Å². The minimum Gasteiger partial charge on any atom is -0.462 e. The second kappa shape index (κ2) is 51.0. The van der Waals surface area contributed by atoms with Gasteiger partial charge in [0.05, 0.1) is 6.61 Å². The second-order valence-corrected chi connectivity index (χ2v) is 17.0. The lowest BCUT2D eigenvalue weighted by Crippen LogP contribution is -2.30. The van der Waals surface area contributed by atoms with Crippen molar-refractivity contribution in [3.8, 4) is 0 Å².